The van der Waals surface area contributed by atoms with Crippen LogP contribution >= 0.6 is 0 Å². The molecule has 1 saturated heterocycles. The Balaban J connectivity index is 1.76. The Hall–Kier alpha value is -2.29. The van der Waals surface area contributed by atoms with Crippen molar-refractivity contribution in [2.75, 3.05) is 23.3 Å². The molecule has 0 unspecified atom stereocenters. The second-order valence-corrected chi connectivity index (χ2v) is 6.02. The summed E-state index contributed by atoms with van der Waals surface area (Å²) in [6, 6.07) is 13.9. The first kappa shape index (κ1) is 14.6. The summed E-state index contributed by atoms with van der Waals surface area (Å²) in [5.74, 6) is -0.0549. The molecule has 0 aliphatic carbocycles. The smallest absolute Gasteiger partial charge is 0.255 e. The normalized spacial score (nSPS) is 14.2. The summed E-state index contributed by atoms with van der Waals surface area (Å²) >= 11 is 0. The highest BCUT2D eigenvalue weighted by atomic mass is 16.1. The third-order valence-corrected chi connectivity index (χ3v) is 4.21. The van der Waals surface area contributed by atoms with Crippen molar-refractivity contribution in [3.05, 3.63) is 59.2 Å². The highest BCUT2D eigenvalue weighted by molar-refractivity contribution is 6.04. The number of hydrogen-bond donors (Lipinski definition) is 1. The fourth-order valence-electron chi connectivity index (χ4n) is 2.94. The van der Waals surface area contributed by atoms with Gasteiger partial charge >= 0.3 is 0 Å². The van der Waals surface area contributed by atoms with Crippen molar-refractivity contribution in [1.82, 2.24) is 0 Å². The van der Waals surface area contributed by atoms with Crippen molar-refractivity contribution in [3.63, 3.8) is 0 Å². The van der Waals surface area contributed by atoms with Crippen LogP contribution in [0.2, 0.25) is 0 Å². The Morgan fingerprint density at radius 3 is 2.50 bits per heavy atom. The Kier molecular flexibility index (Phi) is 4.14. The number of anilines is 2. The Morgan fingerprint density at radius 2 is 1.82 bits per heavy atom. The molecule has 0 saturated carbocycles. The molecule has 2 aromatic rings. The minimum Gasteiger partial charge on any atom is -0.372 e. The molecule has 0 spiro atoms. The summed E-state index contributed by atoms with van der Waals surface area (Å²) in [7, 11) is 0. The van der Waals surface area contributed by atoms with E-state index in [1.54, 1.807) is 0 Å². The molecule has 2 aromatic carbocycles. The fourth-order valence-corrected chi connectivity index (χ4v) is 2.94. The summed E-state index contributed by atoms with van der Waals surface area (Å²) < 4.78 is 0. The van der Waals surface area contributed by atoms with Crippen LogP contribution in [0.15, 0.2) is 42.5 Å². The second-order valence-electron chi connectivity index (χ2n) is 6.02. The molecule has 0 aromatic heterocycles. The van der Waals surface area contributed by atoms with E-state index in [2.05, 4.69) is 22.3 Å². The lowest BCUT2D eigenvalue weighted by Gasteiger charge is -2.19. The largest absolute Gasteiger partial charge is 0.372 e. The molecule has 0 radical (unpaired) electrons. The number of nitrogens with zero attached hydrogens (tertiary/aromatic N) is 1. The minimum absolute atomic E-state index is 0.0549. The van der Waals surface area contributed by atoms with E-state index >= 15 is 0 Å². The first-order chi connectivity index (χ1) is 10.6. The molecular formula is C19H22N2O. The van der Waals surface area contributed by atoms with Crippen molar-refractivity contribution in [2.24, 2.45) is 0 Å². The standard InChI is InChI=1S/C19H22N2O/c1-14-6-5-7-16(12-14)19(22)20-18-9-8-17(13-15(18)2)21-10-3-4-11-21/h5-9,12-13H,3-4,10-11H2,1-2H3,(H,20,22). The van der Waals surface area contributed by atoms with E-state index in [0.717, 1.165) is 29.9 Å². The summed E-state index contributed by atoms with van der Waals surface area (Å²) in [6.45, 7) is 6.31. The van der Waals surface area contributed by atoms with E-state index in [4.69, 9.17) is 0 Å². The van der Waals surface area contributed by atoms with E-state index in [1.165, 1.54) is 18.5 Å². The quantitative estimate of drug-likeness (QED) is 0.922. The zero-order valence-corrected chi connectivity index (χ0v) is 13.2. The van der Waals surface area contributed by atoms with Gasteiger partial charge in [-0.2, -0.15) is 0 Å². The molecule has 1 amide bonds. The van der Waals surface area contributed by atoms with E-state index in [9.17, 15) is 4.79 Å². The SMILES string of the molecule is Cc1cccc(C(=O)Nc2ccc(N3CCCC3)cc2C)c1. The topological polar surface area (TPSA) is 32.3 Å². The van der Waals surface area contributed by atoms with Gasteiger partial charge in [0.2, 0.25) is 0 Å². The number of carbonyl (C=O) groups is 1. The molecule has 1 N–H and O–H groups in total. The minimum atomic E-state index is -0.0549. The van der Waals surface area contributed by atoms with Crippen LogP contribution in [0.5, 0.6) is 0 Å². The van der Waals surface area contributed by atoms with Crippen molar-refractivity contribution in [1.29, 1.82) is 0 Å². The number of benzene rings is 2. The molecule has 1 heterocycles. The predicted octanol–water partition coefficient (Wildman–Crippen LogP) is 4.16. The van der Waals surface area contributed by atoms with Crippen LogP contribution < -0.4 is 10.2 Å². The van der Waals surface area contributed by atoms with Crippen LogP contribution in [0.1, 0.15) is 34.3 Å². The predicted molar refractivity (Wildman–Crippen MR) is 91.8 cm³/mol. The molecule has 114 valence electrons. The average molecular weight is 294 g/mol. The third-order valence-electron chi connectivity index (χ3n) is 4.21. The lowest BCUT2D eigenvalue weighted by molar-refractivity contribution is 0.102. The van der Waals surface area contributed by atoms with Crippen LogP contribution in [-0.4, -0.2) is 19.0 Å². The van der Waals surface area contributed by atoms with Crippen LogP contribution in [-0.2, 0) is 0 Å². The average Bonchev–Trinajstić information content (AvgIpc) is 3.03. The fraction of sp³-hybridized carbons (Fsp3) is 0.316. The second kappa shape index (κ2) is 6.22. The molecule has 0 atom stereocenters. The van der Waals surface area contributed by atoms with Gasteiger partial charge in [0.05, 0.1) is 0 Å². The van der Waals surface area contributed by atoms with Gasteiger partial charge in [0.25, 0.3) is 5.91 Å². The maximum Gasteiger partial charge on any atom is 0.255 e. The van der Waals surface area contributed by atoms with Gasteiger partial charge in [-0.05, 0) is 62.6 Å². The molecule has 3 rings (SSSR count). The van der Waals surface area contributed by atoms with Crippen molar-refractivity contribution in [2.45, 2.75) is 26.7 Å². The molecule has 3 heteroatoms. The Labute approximate surface area is 132 Å². The lowest BCUT2D eigenvalue weighted by Crippen LogP contribution is -2.18. The Bertz CT molecular complexity index is 688. The van der Waals surface area contributed by atoms with Crippen molar-refractivity contribution < 1.29 is 4.79 Å². The number of amides is 1. The molecule has 1 fully saturated rings. The summed E-state index contributed by atoms with van der Waals surface area (Å²) in [5, 5.41) is 3.01. The van der Waals surface area contributed by atoms with Crippen molar-refractivity contribution >= 4 is 17.3 Å². The van der Waals surface area contributed by atoms with E-state index < -0.39 is 0 Å². The lowest BCUT2D eigenvalue weighted by atomic mass is 10.1. The van der Waals surface area contributed by atoms with Gasteiger partial charge in [-0.25, -0.2) is 0 Å². The zero-order valence-electron chi connectivity index (χ0n) is 13.2. The van der Waals surface area contributed by atoms with Gasteiger partial charge in [0, 0.05) is 30.0 Å². The molecule has 22 heavy (non-hydrogen) atoms. The van der Waals surface area contributed by atoms with Crippen LogP contribution in [0.3, 0.4) is 0 Å². The van der Waals surface area contributed by atoms with Crippen LogP contribution in [0.25, 0.3) is 0 Å². The highest BCUT2D eigenvalue weighted by Gasteiger charge is 2.14. The molecule has 3 nitrogen and oxygen atoms in total. The first-order valence-electron chi connectivity index (χ1n) is 7.87. The number of rotatable bonds is 3. The molecule has 1 aliphatic heterocycles. The van der Waals surface area contributed by atoms with Gasteiger partial charge < -0.3 is 10.2 Å². The molecular weight excluding hydrogens is 272 g/mol. The Morgan fingerprint density at radius 1 is 1.05 bits per heavy atom. The van der Waals surface area contributed by atoms with Crippen LogP contribution in [0, 0.1) is 13.8 Å². The number of carbonyl (C=O) groups excluding carboxylic acids is 1. The third kappa shape index (κ3) is 3.14. The number of hydrogen-bond acceptors (Lipinski definition) is 2. The summed E-state index contributed by atoms with van der Waals surface area (Å²) in [5.41, 5.74) is 5.03. The highest BCUT2D eigenvalue weighted by Crippen LogP contribution is 2.25. The maximum atomic E-state index is 12.3. The van der Waals surface area contributed by atoms with Gasteiger partial charge in [-0.1, -0.05) is 17.7 Å². The van der Waals surface area contributed by atoms with Gasteiger partial charge in [-0.15, -0.1) is 0 Å². The molecule has 0 bridgehead atoms. The van der Waals surface area contributed by atoms with Crippen LogP contribution in [0.4, 0.5) is 11.4 Å². The number of nitrogens with one attached hydrogen (secondary N) is 1. The summed E-state index contributed by atoms with van der Waals surface area (Å²) in [4.78, 5) is 14.7. The van der Waals surface area contributed by atoms with Crippen molar-refractivity contribution in [3.8, 4) is 0 Å². The zero-order chi connectivity index (χ0) is 15.5. The monoisotopic (exact) mass is 294 g/mol. The van der Waals surface area contributed by atoms with E-state index in [0.29, 0.717) is 5.56 Å². The summed E-state index contributed by atoms with van der Waals surface area (Å²) in [6.07, 6.45) is 2.54. The number of aryl methyl sites for hydroxylation is 2. The van der Waals surface area contributed by atoms with Gasteiger partial charge in [0.15, 0.2) is 0 Å². The van der Waals surface area contributed by atoms with E-state index in [1.807, 2.05) is 44.2 Å². The maximum absolute atomic E-state index is 12.3. The van der Waals surface area contributed by atoms with Gasteiger partial charge in [-0.3, -0.25) is 4.79 Å². The van der Waals surface area contributed by atoms with E-state index in [-0.39, 0.29) is 5.91 Å². The first-order valence-corrected chi connectivity index (χ1v) is 7.87. The van der Waals surface area contributed by atoms with Gasteiger partial charge in [0.1, 0.15) is 0 Å². The molecule has 1 aliphatic rings.